The van der Waals surface area contributed by atoms with Gasteiger partial charge in [-0.15, -0.1) is 0 Å². The smallest absolute Gasteiger partial charge is 0.315 e. The van der Waals surface area contributed by atoms with E-state index in [1.807, 2.05) is 0 Å². The molecule has 1 fully saturated rings. The van der Waals surface area contributed by atoms with Gasteiger partial charge in [-0.2, -0.15) is 11.8 Å². The topological polar surface area (TPSA) is 50.4 Å². The first-order chi connectivity index (χ1) is 10.0. The van der Waals surface area contributed by atoms with Crippen LogP contribution in [0.5, 0.6) is 5.75 Å². The van der Waals surface area contributed by atoms with E-state index in [0.717, 1.165) is 12.8 Å². The highest BCUT2D eigenvalue weighted by Gasteiger charge is 2.42. The first kappa shape index (κ1) is 15.9. The SMILES string of the molecule is COc1cccc(F)c1C(C)NC(=O)NCC1(SC)CC1. The highest BCUT2D eigenvalue weighted by Crippen LogP contribution is 2.46. The summed E-state index contributed by atoms with van der Waals surface area (Å²) < 4.78 is 19.3. The molecule has 21 heavy (non-hydrogen) atoms. The molecule has 116 valence electrons. The van der Waals surface area contributed by atoms with Crippen molar-refractivity contribution in [2.24, 2.45) is 0 Å². The van der Waals surface area contributed by atoms with E-state index in [2.05, 4.69) is 16.9 Å². The summed E-state index contributed by atoms with van der Waals surface area (Å²) >= 11 is 1.78. The number of halogens is 1. The second-order valence-electron chi connectivity index (χ2n) is 5.29. The first-order valence-electron chi connectivity index (χ1n) is 6.93. The van der Waals surface area contributed by atoms with Gasteiger partial charge in [-0.25, -0.2) is 9.18 Å². The second kappa shape index (κ2) is 6.56. The summed E-state index contributed by atoms with van der Waals surface area (Å²) in [6, 6.07) is 3.88. The molecule has 1 aliphatic carbocycles. The van der Waals surface area contributed by atoms with Crippen LogP contribution in [-0.2, 0) is 0 Å². The van der Waals surface area contributed by atoms with Crippen LogP contribution in [0.15, 0.2) is 18.2 Å². The van der Waals surface area contributed by atoms with Crippen molar-refractivity contribution < 1.29 is 13.9 Å². The van der Waals surface area contributed by atoms with Gasteiger partial charge in [0.1, 0.15) is 11.6 Å². The average molecular weight is 312 g/mol. The number of benzene rings is 1. The molecule has 0 radical (unpaired) electrons. The first-order valence-corrected chi connectivity index (χ1v) is 8.16. The monoisotopic (exact) mass is 312 g/mol. The van der Waals surface area contributed by atoms with Crippen LogP contribution in [0.1, 0.15) is 31.4 Å². The molecule has 4 nitrogen and oxygen atoms in total. The highest BCUT2D eigenvalue weighted by molar-refractivity contribution is 8.00. The fourth-order valence-electron chi connectivity index (χ4n) is 2.27. The Kier molecular flexibility index (Phi) is 4.98. The third kappa shape index (κ3) is 3.81. The van der Waals surface area contributed by atoms with Crippen molar-refractivity contribution in [1.29, 1.82) is 0 Å². The second-order valence-corrected chi connectivity index (χ2v) is 6.57. The summed E-state index contributed by atoms with van der Waals surface area (Å²) in [7, 11) is 1.49. The third-order valence-corrected chi connectivity index (χ3v) is 5.24. The van der Waals surface area contributed by atoms with Gasteiger partial charge in [0.2, 0.25) is 0 Å². The predicted octanol–water partition coefficient (Wildman–Crippen LogP) is 3.09. The van der Waals surface area contributed by atoms with E-state index >= 15 is 0 Å². The van der Waals surface area contributed by atoms with Crippen molar-refractivity contribution in [2.75, 3.05) is 19.9 Å². The van der Waals surface area contributed by atoms with E-state index in [1.165, 1.54) is 13.2 Å². The van der Waals surface area contributed by atoms with Crippen molar-refractivity contribution in [3.05, 3.63) is 29.6 Å². The van der Waals surface area contributed by atoms with Crippen molar-refractivity contribution in [3.8, 4) is 5.75 Å². The molecule has 1 aliphatic rings. The Bertz CT molecular complexity index is 520. The minimum absolute atomic E-state index is 0.205. The lowest BCUT2D eigenvalue weighted by atomic mass is 10.1. The summed E-state index contributed by atoms with van der Waals surface area (Å²) in [5.74, 6) is 0.0514. The van der Waals surface area contributed by atoms with Gasteiger partial charge in [0.05, 0.1) is 18.7 Å². The third-order valence-electron chi connectivity index (χ3n) is 3.83. The number of amides is 2. The van der Waals surface area contributed by atoms with Gasteiger partial charge in [0, 0.05) is 11.3 Å². The van der Waals surface area contributed by atoms with Gasteiger partial charge in [0.25, 0.3) is 0 Å². The van der Waals surface area contributed by atoms with Gasteiger partial charge in [-0.1, -0.05) is 6.07 Å². The Labute approximate surface area is 128 Å². The van der Waals surface area contributed by atoms with Crippen LogP contribution in [0, 0.1) is 5.82 Å². The minimum atomic E-state index is -0.467. The summed E-state index contributed by atoms with van der Waals surface area (Å²) in [4.78, 5) is 11.9. The molecule has 0 aliphatic heterocycles. The van der Waals surface area contributed by atoms with Gasteiger partial charge in [-0.05, 0) is 38.2 Å². The maximum Gasteiger partial charge on any atom is 0.315 e. The Balaban J connectivity index is 1.94. The number of nitrogens with one attached hydrogen (secondary N) is 2. The molecule has 1 saturated carbocycles. The number of carbonyl (C=O) groups is 1. The molecule has 1 aromatic rings. The Morgan fingerprint density at radius 2 is 2.24 bits per heavy atom. The van der Waals surface area contributed by atoms with E-state index in [4.69, 9.17) is 4.74 Å². The fraction of sp³-hybridized carbons (Fsp3) is 0.533. The largest absolute Gasteiger partial charge is 0.496 e. The van der Waals surface area contributed by atoms with Gasteiger partial charge >= 0.3 is 6.03 Å². The summed E-state index contributed by atoms with van der Waals surface area (Å²) in [6.45, 7) is 2.38. The molecule has 1 atom stereocenters. The van der Waals surface area contributed by atoms with Crippen molar-refractivity contribution >= 4 is 17.8 Å². The van der Waals surface area contributed by atoms with Crippen LogP contribution in [0.2, 0.25) is 0 Å². The van der Waals surface area contributed by atoms with Crippen molar-refractivity contribution in [2.45, 2.75) is 30.6 Å². The van der Waals surface area contributed by atoms with Gasteiger partial charge in [0.15, 0.2) is 0 Å². The zero-order valence-corrected chi connectivity index (χ0v) is 13.3. The molecule has 0 heterocycles. The molecular weight excluding hydrogens is 291 g/mol. The molecule has 0 saturated heterocycles. The molecule has 2 rings (SSSR count). The van der Waals surface area contributed by atoms with Gasteiger partial charge in [-0.3, -0.25) is 0 Å². The Hall–Kier alpha value is -1.43. The lowest BCUT2D eigenvalue weighted by Gasteiger charge is -2.19. The summed E-state index contributed by atoms with van der Waals surface area (Å²) in [5, 5.41) is 5.62. The molecule has 0 aromatic heterocycles. The van der Waals surface area contributed by atoms with Crippen molar-refractivity contribution in [1.82, 2.24) is 10.6 Å². The number of hydrogen-bond acceptors (Lipinski definition) is 3. The number of ether oxygens (including phenoxy) is 1. The van der Waals surface area contributed by atoms with Crippen LogP contribution >= 0.6 is 11.8 Å². The zero-order valence-electron chi connectivity index (χ0n) is 12.5. The van der Waals surface area contributed by atoms with E-state index < -0.39 is 6.04 Å². The molecule has 0 spiro atoms. The summed E-state index contributed by atoms with van der Waals surface area (Å²) in [5.41, 5.74) is 0.362. The maximum atomic E-state index is 13.9. The number of carbonyl (C=O) groups excluding carboxylic acids is 1. The van der Waals surface area contributed by atoms with E-state index in [9.17, 15) is 9.18 Å². The Morgan fingerprint density at radius 3 is 2.81 bits per heavy atom. The maximum absolute atomic E-state index is 13.9. The van der Waals surface area contributed by atoms with Gasteiger partial charge < -0.3 is 15.4 Å². The van der Waals surface area contributed by atoms with E-state index in [-0.39, 0.29) is 16.6 Å². The van der Waals surface area contributed by atoms with Crippen LogP contribution in [0.3, 0.4) is 0 Å². The highest BCUT2D eigenvalue weighted by atomic mass is 32.2. The standard InChI is InChI=1S/C15H21FN2O2S/c1-10(13-11(16)5-4-6-12(13)20-2)18-14(19)17-9-15(21-3)7-8-15/h4-6,10H,7-9H2,1-3H3,(H2,17,18,19). The number of thioether (sulfide) groups is 1. The molecule has 1 unspecified atom stereocenters. The Morgan fingerprint density at radius 1 is 1.52 bits per heavy atom. The molecular formula is C15H21FN2O2S. The number of methoxy groups -OCH3 is 1. The normalized spacial score (nSPS) is 17.0. The quantitative estimate of drug-likeness (QED) is 0.848. The minimum Gasteiger partial charge on any atom is -0.496 e. The lowest BCUT2D eigenvalue weighted by molar-refractivity contribution is 0.237. The van der Waals surface area contributed by atoms with E-state index in [0.29, 0.717) is 17.9 Å². The van der Waals surface area contributed by atoms with Crippen LogP contribution < -0.4 is 15.4 Å². The van der Waals surface area contributed by atoms with Crippen LogP contribution in [0.4, 0.5) is 9.18 Å². The molecule has 2 amide bonds. The van der Waals surface area contributed by atoms with E-state index in [1.54, 1.807) is 30.8 Å². The number of urea groups is 1. The van der Waals surface area contributed by atoms with Crippen LogP contribution in [0.25, 0.3) is 0 Å². The average Bonchev–Trinajstić information content (AvgIpc) is 3.25. The van der Waals surface area contributed by atoms with Crippen molar-refractivity contribution in [3.63, 3.8) is 0 Å². The summed E-state index contributed by atoms with van der Waals surface area (Å²) in [6.07, 6.45) is 4.32. The fourth-order valence-corrected chi connectivity index (χ4v) is 3.00. The molecule has 6 heteroatoms. The predicted molar refractivity (Wildman–Crippen MR) is 83.4 cm³/mol. The molecule has 2 N–H and O–H groups in total. The number of rotatable bonds is 6. The van der Waals surface area contributed by atoms with Crippen LogP contribution in [-0.4, -0.2) is 30.7 Å². The molecule has 1 aromatic carbocycles. The molecule has 0 bridgehead atoms. The number of hydrogen-bond donors (Lipinski definition) is 2. The zero-order chi connectivity index (χ0) is 15.5. The lowest BCUT2D eigenvalue weighted by Crippen LogP contribution is -2.40.